The summed E-state index contributed by atoms with van der Waals surface area (Å²) in [6, 6.07) is 8.79. The van der Waals surface area contributed by atoms with Gasteiger partial charge in [-0.25, -0.2) is 10.8 Å². The topological polar surface area (TPSA) is 71.2 Å². The second-order valence-corrected chi connectivity index (χ2v) is 5.72. The van der Waals surface area contributed by atoms with E-state index in [9.17, 15) is 4.79 Å². The number of thiophene rings is 1. The highest BCUT2D eigenvalue weighted by Gasteiger charge is 2.14. The van der Waals surface area contributed by atoms with E-state index in [4.69, 9.17) is 17.4 Å². The number of hydrazine groups is 1. The Bertz CT molecular complexity index is 587. The highest BCUT2D eigenvalue weighted by atomic mass is 35.5. The molecule has 0 atom stereocenters. The summed E-state index contributed by atoms with van der Waals surface area (Å²) in [5.74, 6) is 5.56. The van der Waals surface area contributed by atoms with Crippen LogP contribution in [0.4, 0.5) is 5.82 Å². The Labute approximate surface area is 120 Å². The van der Waals surface area contributed by atoms with Crippen LogP contribution in [0.3, 0.4) is 0 Å². The van der Waals surface area contributed by atoms with Crippen molar-refractivity contribution in [1.82, 2.24) is 9.88 Å². The van der Waals surface area contributed by atoms with Gasteiger partial charge in [0.1, 0.15) is 11.5 Å². The summed E-state index contributed by atoms with van der Waals surface area (Å²) in [6.45, 7) is 0.498. The van der Waals surface area contributed by atoms with Gasteiger partial charge >= 0.3 is 0 Å². The first-order valence-corrected chi connectivity index (χ1v) is 6.73. The van der Waals surface area contributed by atoms with Crippen LogP contribution >= 0.6 is 22.9 Å². The first-order valence-electron chi connectivity index (χ1n) is 5.53. The molecule has 0 aromatic carbocycles. The fourth-order valence-electron chi connectivity index (χ4n) is 1.57. The third kappa shape index (κ3) is 3.44. The zero-order chi connectivity index (χ0) is 13.8. The minimum Gasteiger partial charge on any atom is -0.335 e. The second kappa shape index (κ2) is 6.01. The number of carbonyl (C=O) groups is 1. The van der Waals surface area contributed by atoms with Crippen LogP contribution in [-0.4, -0.2) is 22.8 Å². The lowest BCUT2D eigenvalue weighted by Gasteiger charge is -2.15. The molecule has 7 heteroatoms. The summed E-state index contributed by atoms with van der Waals surface area (Å²) in [6.07, 6.45) is 0. The highest BCUT2D eigenvalue weighted by Crippen LogP contribution is 2.22. The van der Waals surface area contributed by atoms with Crippen LogP contribution in [-0.2, 0) is 6.54 Å². The Balaban J connectivity index is 2.09. The molecule has 0 spiro atoms. The van der Waals surface area contributed by atoms with E-state index in [1.807, 2.05) is 12.1 Å². The maximum atomic E-state index is 12.2. The number of nitrogen functional groups attached to an aromatic ring is 1. The summed E-state index contributed by atoms with van der Waals surface area (Å²) < 4.78 is 0.711. The minimum atomic E-state index is -0.165. The Morgan fingerprint density at radius 3 is 2.89 bits per heavy atom. The number of carbonyl (C=O) groups excluding carboxylic acids is 1. The van der Waals surface area contributed by atoms with Crippen LogP contribution in [0.1, 0.15) is 15.4 Å². The highest BCUT2D eigenvalue weighted by molar-refractivity contribution is 7.16. The zero-order valence-corrected chi connectivity index (χ0v) is 11.8. The van der Waals surface area contributed by atoms with Crippen LogP contribution in [0.15, 0.2) is 30.3 Å². The normalized spacial score (nSPS) is 10.3. The van der Waals surface area contributed by atoms with Crippen molar-refractivity contribution in [2.45, 2.75) is 6.54 Å². The smallest absolute Gasteiger partial charge is 0.272 e. The fraction of sp³-hybridized carbons (Fsp3) is 0.167. The quantitative estimate of drug-likeness (QED) is 0.671. The van der Waals surface area contributed by atoms with E-state index in [0.29, 0.717) is 22.4 Å². The molecule has 100 valence electrons. The number of anilines is 1. The molecular formula is C12H13ClN4OS. The molecule has 19 heavy (non-hydrogen) atoms. The van der Waals surface area contributed by atoms with Gasteiger partial charge in [0.25, 0.3) is 5.91 Å². The molecule has 1 amide bonds. The predicted molar refractivity (Wildman–Crippen MR) is 77.2 cm³/mol. The van der Waals surface area contributed by atoms with Crippen LogP contribution < -0.4 is 11.3 Å². The maximum Gasteiger partial charge on any atom is 0.272 e. The van der Waals surface area contributed by atoms with Crippen molar-refractivity contribution in [3.8, 4) is 0 Å². The van der Waals surface area contributed by atoms with E-state index >= 15 is 0 Å². The van der Waals surface area contributed by atoms with Gasteiger partial charge in [-0.2, -0.15) is 0 Å². The summed E-state index contributed by atoms with van der Waals surface area (Å²) in [7, 11) is 1.72. The molecule has 0 fully saturated rings. The van der Waals surface area contributed by atoms with Gasteiger partial charge < -0.3 is 10.3 Å². The molecule has 0 radical (unpaired) electrons. The Morgan fingerprint density at radius 2 is 2.26 bits per heavy atom. The summed E-state index contributed by atoms with van der Waals surface area (Å²) in [4.78, 5) is 18.9. The lowest BCUT2D eigenvalue weighted by Crippen LogP contribution is -2.27. The summed E-state index contributed by atoms with van der Waals surface area (Å²) in [5.41, 5.74) is 2.76. The lowest BCUT2D eigenvalue weighted by atomic mass is 10.3. The van der Waals surface area contributed by atoms with E-state index in [2.05, 4.69) is 10.4 Å². The second-order valence-electron chi connectivity index (χ2n) is 3.92. The molecule has 0 saturated heterocycles. The van der Waals surface area contributed by atoms with E-state index in [0.717, 1.165) is 4.88 Å². The third-order valence-electron chi connectivity index (χ3n) is 2.48. The predicted octanol–water partition coefficient (Wildman–Crippen LogP) is 2.35. The number of hydrogen-bond acceptors (Lipinski definition) is 5. The first-order chi connectivity index (χ1) is 9.10. The van der Waals surface area contributed by atoms with Crippen LogP contribution in [0.25, 0.3) is 0 Å². The Morgan fingerprint density at radius 1 is 1.47 bits per heavy atom. The number of halogens is 1. The largest absolute Gasteiger partial charge is 0.335 e. The van der Waals surface area contributed by atoms with Gasteiger partial charge in [0.05, 0.1) is 10.9 Å². The van der Waals surface area contributed by atoms with Gasteiger partial charge in [-0.3, -0.25) is 4.79 Å². The first kappa shape index (κ1) is 13.8. The molecule has 3 N–H and O–H groups in total. The molecule has 0 unspecified atom stereocenters. The van der Waals surface area contributed by atoms with Crippen LogP contribution in [0.5, 0.6) is 0 Å². The van der Waals surface area contributed by atoms with E-state index < -0.39 is 0 Å². The van der Waals surface area contributed by atoms with Crippen LogP contribution in [0.2, 0.25) is 4.34 Å². The van der Waals surface area contributed by atoms with Gasteiger partial charge in [-0.05, 0) is 24.3 Å². The number of amides is 1. The summed E-state index contributed by atoms with van der Waals surface area (Å²) >= 11 is 7.32. The molecule has 0 saturated carbocycles. The molecule has 2 aromatic heterocycles. The number of aromatic nitrogens is 1. The fourth-order valence-corrected chi connectivity index (χ4v) is 2.71. The van der Waals surface area contributed by atoms with Gasteiger partial charge in [-0.15, -0.1) is 11.3 Å². The lowest BCUT2D eigenvalue weighted by molar-refractivity contribution is 0.0781. The molecule has 2 rings (SSSR count). The zero-order valence-electron chi connectivity index (χ0n) is 10.3. The molecule has 0 aliphatic heterocycles. The molecule has 0 aliphatic carbocycles. The van der Waals surface area contributed by atoms with Crippen molar-refractivity contribution in [2.24, 2.45) is 5.84 Å². The number of nitrogens with one attached hydrogen (secondary N) is 1. The van der Waals surface area contributed by atoms with E-state index in [1.54, 1.807) is 30.1 Å². The minimum absolute atomic E-state index is 0.165. The molecule has 0 aliphatic rings. The van der Waals surface area contributed by atoms with Crippen molar-refractivity contribution < 1.29 is 4.79 Å². The Kier molecular flexibility index (Phi) is 4.36. The monoisotopic (exact) mass is 296 g/mol. The van der Waals surface area contributed by atoms with Gasteiger partial charge in [0, 0.05) is 11.9 Å². The Hall–Kier alpha value is -1.63. The number of hydrogen-bond donors (Lipinski definition) is 2. The third-order valence-corrected chi connectivity index (χ3v) is 3.70. The van der Waals surface area contributed by atoms with Crippen LogP contribution in [0, 0.1) is 0 Å². The molecule has 0 bridgehead atoms. The van der Waals surface area contributed by atoms with Crippen molar-refractivity contribution in [3.05, 3.63) is 45.2 Å². The van der Waals surface area contributed by atoms with E-state index in [-0.39, 0.29) is 5.91 Å². The summed E-state index contributed by atoms with van der Waals surface area (Å²) in [5, 5.41) is 0. The molecule has 2 aromatic rings. The van der Waals surface area contributed by atoms with Gasteiger partial charge in [0.15, 0.2) is 0 Å². The molecular weight excluding hydrogens is 284 g/mol. The van der Waals surface area contributed by atoms with Crippen molar-refractivity contribution in [3.63, 3.8) is 0 Å². The van der Waals surface area contributed by atoms with Gasteiger partial charge in [0.2, 0.25) is 0 Å². The van der Waals surface area contributed by atoms with E-state index in [1.165, 1.54) is 11.3 Å². The maximum absolute atomic E-state index is 12.2. The average Bonchev–Trinajstić information content (AvgIpc) is 2.83. The van der Waals surface area contributed by atoms with Crippen molar-refractivity contribution in [1.29, 1.82) is 0 Å². The molecule has 5 nitrogen and oxygen atoms in total. The number of pyridine rings is 1. The average molecular weight is 297 g/mol. The van der Waals surface area contributed by atoms with Crippen molar-refractivity contribution in [2.75, 3.05) is 12.5 Å². The number of nitrogens with two attached hydrogens (primary N) is 1. The number of nitrogens with zero attached hydrogens (tertiary/aromatic N) is 2. The SMILES string of the molecule is CN(Cc1ccc(Cl)s1)C(=O)c1cccc(NN)n1. The standard InChI is InChI=1S/C12H13ClN4OS/c1-17(7-8-5-6-10(13)19-8)12(18)9-3-2-4-11(15-9)16-14/h2-6H,7,14H2,1H3,(H,15,16). The number of rotatable bonds is 4. The molecule has 2 heterocycles. The van der Waals surface area contributed by atoms with Crippen molar-refractivity contribution >= 4 is 34.7 Å². The van der Waals surface area contributed by atoms with Gasteiger partial charge in [-0.1, -0.05) is 17.7 Å².